The number of anilines is 1. The molecular weight excluding hydrogens is 759 g/mol. The molecule has 1 saturated carbocycles. The van der Waals surface area contributed by atoms with Crippen LogP contribution in [0.1, 0.15) is 94.8 Å². The molecule has 16 nitrogen and oxygen atoms in total. The van der Waals surface area contributed by atoms with Gasteiger partial charge in [-0.2, -0.15) is 9.20 Å². The second kappa shape index (κ2) is 18.9. The van der Waals surface area contributed by atoms with Gasteiger partial charge in [0.2, 0.25) is 5.91 Å². The number of carboxylic acid groups (broad SMARTS) is 1. The Bertz CT molecular complexity index is 2330. The first-order valence-corrected chi connectivity index (χ1v) is 21.1. The van der Waals surface area contributed by atoms with Crippen molar-refractivity contribution in [3.05, 3.63) is 102 Å². The minimum absolute atomic E-state index is 0.0676. The third-order valence-electron chi connectivity index (χ3n) is 11.8. The fourth-order valence-corrected chi connectivity index (χ4v) is 7.53. The van der Waals surface area contributed by atoms with Crippen molar-refractivity contribution >= 4 is 23.5 Å². The maximum atomic E-state index is 14.2. The fraction of sp³-hybridized carbons (Fsp3) is 0.477. The Morgan fingerprint density at radius 1 is 0.883 bits per heavy atom. The molecular formula is C44H57N13O3. The molecule has 1 aliphatic rings. The van der Waals surface area contributed by atoms with Gasteiger partial charge in [-0.15, -0.1) is 25.5 Å². The van der Waals surface area contributed by atoms with Gasteiger partial charge in [0.05, 0.1) is 17.6 Å². The number of carbonyl (C=O) groups is 2. The molecule has 2 aromatic carbocycles. The highest BCUT2D eigenvalue weighted by atomic mass is 16.4. The Labute approximate surface area is 350 Å². The molecule has 16 heteroatoms. The van der Waals surface area contributed by atoms with Gasteiger partial charge in [0, 0.05) is 49.3 Å². The Hall–Kier alpha value is -6.03. The van der Waals surface area contributed by atoms with E-state index in [2.05, 4.69) is 87.5 Å². The van der Waals surface area contributed by atoms with Crippen LogP contribution < -0.4 is 16.0 Å². The molecule has 3 atom stereocenters. The van der Waals surface area contributed by atoms with E-state index in [0.29, 0.717) is 30.9 Å². The lowest BCUT2D eigenvalue weighted by Gasteiger charge is -2.30. The van der Waals surface area contributed by atoms with Crippen LogP contribution >= 0.6 is 0 Å². The Morgan fingerprint density at radius 2 is 1.62 bits per heavy atom. The van der Waals surface area contributed by atoms with E-state index in [1.165, 1.54) is 18.2 Å². The van der Waals surface area contributed by atoms with E-state index in [9.17, 15) is 14.7 Å². The molecule has 0 saturated heterocycles. The van der Waals surface area contributed by atoms with Gasteiger partial charge >= 0.3 is 6.09 Å². The monoisotopic (exact) mass is 815 g/mol. The molecule has 1 unspecified atom stereocenters. The quantitative estimate of drug-likeness (QED) is 0.0636. The number of aromatic nitrogens is 10. The Kier molecular flexibility index (Phi) is 13.3. The molecule has 0 radical (unpaired) electrons. The van der Waals surface area contributed by atoms with Crippen molar-refractivity contribution in [3.63, 3.8) is 0 Å². The standard InChI is InChI=1S/C44H57N13O3/c1-29(2)30(3)37(23-35-26-56(43(59)60)54-49-35)47-42(58)38(22-31-14-8-6-9-15-31)55-25-34(48-53-55)20-13-21-45-27-44(4,5)28-46-40-36(32-18-12-19-32)24-39-50-51-41(57(39)52-40)33-16-10-7-11-17-33/h6-11,14-17,24-26,29-30,32,37-38,45H,12-13,18-23,27-28H2,1-5H3,(H,46,52)(H,47,58)(H,59,60)/t30?,37-,38+/m1/s1. The normalized spacial score (nSPS) is 14.8. The molecule has 7 rings (SSSR count). The average Bonchev–Trinajstić information content (AvgIpc) is 3.99. The molecule has 316 valence electrons. The first-order valence-electron chi connectivity index (χ1n) is 21.1. The third kappa shape index (κ3) is 10.4. The number of nitrogens with zero attached hydrogens (tertiary/aromatic N) is 10. The molecule has 1 aliphatic carbocycles. The lowest BCUT2D eigenvalue weighted by molar-refractivity contribution is -0.125. The van der Waals surface area contributed by atoms with E-state index in [1.54, 1.807) is 4.68 Å². The van der Waals surface area contributed by atoms with E-state index in [4.69, 9.17) is 5.10 Å². The van der Waals surface area contributed by atoms with Crippen molar-refractivity contribution in [1.82, 2.24) is 60.4 Å². The van der Waals surface area contributed by atoms with Crippen LogP contribution in [0.15, 0.2) is 79.1 Å². The Morgan fingerprint density at radius 3 is 2.30 bits per heavy atom. The third-order valence-corrected chi connectivity index (χ3v) is 11.8. The highest BCUT2D eigenvalue weighted by Gasteiger charge is 2.30. The molecule has 60 heavy (non-hydrogen) atoms. The van der Waals surface area contributed by atoms with Crippen molar-refractivity contribution in [3.8, 4) is 11.4 Å². The van der Waals surface area contributed by atoms with Gasteiger partial charge in [-0.1, -0.05) is 112 Å². The van der Waals surface area contributed by atoms with Crippen LogP contribution in [-0.4, -0.2) is 92.6 Å². The fourth-order valence-electron chi connectivity index (χ4n) is 7.53. The van der Waals surface area contributed by atoms with Crippen molar-refractivity contribution in [2.24, 2.45) is 17.3 Å². The molecule has 0 bridgehead atoms. The van der Waals surface area contributed by atoms with Gasteiger partial charge in [0.1, 0.15) is 6.04 Å². The van der Waals surface area contributed by atoms with Crippen molar-refractivity contribution < 1.29 is 14.7 Å². The zero-order valence-corrected chi connectivity index (χ0v) is 35.2. The summed E-state index contributed by atoms with van der Waals surface area (Å²) in [6.45, 7) is 13.1. The summed E-state index contributed by atoms with van der Waals surface area (Å²) in [4.78, 5) is 25.6. The first kappa shape index (κ1) is 42.1. The predicted molar refractivity (Wildman–Crippen MR) is 229 cm³/mol. The molecule has 6 aromatic rings. The number of hydrogen-bond acceptors (Lipinski definition) is 11. The zero-order chi connectivity index (χ0) is 42.2. The Balaban J connectivity index is 0.952. The van der Waals surface area contributed by atoms with Gasteiger partial charge in [-0.3, -0.25) is 4.79 Å². The van der Waals surface area contributed by atoms with E-state index < -0.39 is 12.1 Å². The number of carbonyl (C=O) groups excluding carboxylic acids is 1. The largest absolute Gasteiger partial charge is 0.463 e. The predicted octanol–water partition coefficient (Wildman–Crippen LogP) is 6.23. The van der Waals surface area contributed by atoms with Crippen LogP contribution in [0.4, 0.5) is 10.6 Å². The van der Waals surface area contributed by atoms with Gasteiger partial charge in [0.15, 0.2) is 17.3 Å². The van der Waals surface area contributed by atoms with Gasteiger partial charge in [-0.25, -0.2) is 9.48 Å². The SMILES string of the molecule is CC(C)C(C)[C@@H](Cc1cn(C(=O)O)nn1)NC(=O)[C@H](Cc1ccccc1)n1cc(CCCNCC(C)(C)CNc2nn3c(-c4ccccc4)nnc3cc2C2CCC2)nn1. The van der Waals surface area contributed by atoms with Crippen LogP contribution in [0.3, 0.4) is 0 Å². The van der Waals surface area contributed by atoms with Crippen molar-refractivity contribution in [2.45, 2.75) is 97.6 Å². The lowest BCUT2D eigenvalue weighted by atomic mass is 9.80. The number of rotatable bonds is 20. The van der Waals surface area contributed by atoms with E-state index in [0.717, 1.165) is 77.7 Å². The number of fused-ring (bicyclic) bond motifs is 1. The van der Waals surface area contributed by atoms with E-state index >= 15 is 0 Å². The number of amides is 1. The molecule has 4 heterocycles. The second-order valence-corrected chi connectivity index (χ2v) is 17.3. The average molecular weight is 816 g/mol. The zero-order valence-electron chi connectivity index (χ0n) is 35.2. The van der Waals surface area contributed by atoms with Crippen LogP contribution in [0.5, 0.6) is 0 Å². The van der Waals surface area contributed by atoms with Crippen LogP contribution in [0, 0.1) is 17.3 Å². The highest BCUT2D eigenvalue weighted by molar-refractivity contribution is 5.81. The summed E-state index contributed by atoms with van der Waals surface area (Å²) < 4.78 is 4.30. The molecule has 0 aliphatic heterocycles. The van der Waals surface area contributed by atoms with E-state index in [1.807, 2.05) is 71.4 Å². The van der Waals surface area contributed by atoms with E-state index in [-0.39, 0.29) is 29.2 Å². The summed E-state index contributed by atoms with van der Waals surface area (Å²) in [6, 6.07) is 21.1. The summed E-state index contributed by atoms with van der Waals surface area (Å²) in [7, 11) is 0. The number of benzene rings is 2. The van der Waals surface area contributed by atoms with Crippen LogP contribution in [-0.2, 0) is 24.1 Å². The van der Waals surface area contributed by atoms with Crippen molar-refractivity contribution in [1.29, 1.82) is 0 Å². The summed E-state index contributed by atoms with van der Waals surface area (Å²) in [5.41, 5.74) is 5.20. The molecule has 0 spiro atoms. The number of nitrogens with one attached hydrogen (secondary N) is 3. The minimum atomic E-state index is -1.21. The van der Waals surface area contributed by atoms with Crippen LogP contribution in [0.25, 0.3) is 17.0 Å². The minimum Gasteiger partial charge on any atom is -0.463 e. The molecule has 4 N–H and O–H groups in total. The molecule has 1 fully saturated rings. The van der Waals surface area contributed by atoms with Crippen LogP contribution in [0.2, 0.25) is 0 Å². The first-order chi connectivity index (χ1) is 28.9. The molecule has 4 aromatic heterocycles. The van der Waals surface area contributed by atoms with Gasteiger partial charge < -0.3 is 21.1 Å². The number of hydrogen-bond donors (Lipinski definition) is 4. The summed E-state index contributed by atoms with van der Waals surface area (Å²) >= 11 is 0. The number of aryl methyl sites for hydroxylation is 1. The summed E-state index contributed by atoms with van der Waals surface area (Å²) in [5, 5.41) is 50.6. The second-order valence-electron chi connectivity index (χ2n) is 17.3. The molecule has 1 amide bonds. The smallest absolute Gasteiger partial charge is 0.433 e. The lowest BCUT2D eigenvalue weighted by Crippen LogP contribution is -2.46. The van der Waals surface area contributed by atoms with Crippen molar-refractivity contribution in [2.75, 3.05) is 25.0 Å². The highest BCUT2D eigenvalue weighted by Crippen LogP contribution is 2.40. The topological polar surface area (TPSA) is 195 Å². The van der Waals surface area contributed by atoms with Gasteiger partial charge in [0.25, 0.3) is 0 Å². The maximum Gasteiger partial charge on any atom is 0.433 e. The van der Waals surface area contributed by atoms with Gasteiger partial charge in [-0.05, 0) is 67.0 Å². The summed E-state index contributed by atoms with van der Waals surface area (Å²) in [6.07, 6.45) is 7.92. The maximum absolute atomic E-state index is 14.2. The summed E-state index contributed by atoms with van der Waals surface area (Å²) in [5.74, 6) is 2.24.